The van der Waals surface area contributed by atoms with Crippen LogP contribution in [0.25, 0.3) is 0 Å². The Balaban J connectivity index is 2.19. The molecule has 0 saturated heterocycles. The Bertz CT molecular complexity index is 196. The summed E-state index contributed by atoms with van der Waals surface area (Å²) < 4.78 is 0.208. The Kier molecular flexibility index (Phi) is 2.66. The van der Waals surface area contributed by atoms with Gasteiger partial charge in [0.2, 0.25) is 0 Å². The molecule has 0 N–H and O–H groups in total. The minimum absolute atomic E-state index is 0.208. The highest BCUT2D eigenvalue weighted by atomic mass is 79.9. The van der Waals surface area contributed by atoms with Crippen molar-refractivity contribution in [3.63, 3.8) is 0 Å². The topological polar surface area (TPSA) is 0 Å². The van der Waals surface area contributed by atoms with Gasteiger partial charge < -0.3 is 0 Å². The fraction of sp³-hybridized carbons (Fsp3) is 0.800. The third kappa shape index (κ3) is 1.65. The first kappa shape index (κ1) is 9.26. The van der Waals surface area contributed by atoms with Crippen LogP contribution < -0.4 is 0 Å². The van der Waals surface area contributed by atoms with E-state index in [9.17, 15) is 0 Å². The lowest BCUT2D eigenvalue weighted by Crippen LogP contribution is -2.35. The van der Waals surface area contributed by atoms with Crippen LogP contribution in [0.1, 0.15) is 32.1 Å². The van der Waals surface area contributed by atoms with Crippen LogP contribution in [0, 0.1) is 11.8 Å². The van der Waals surface area contributed by atoms with Gasteiger partial charge >= 0.3 is 0 Å². The van der Waals surface area contributed by atoms with E-state index in [4.69, 9.17) is 0 Å². The van der Waals surface area contributed by atoms with Gasteiger partial charge in [0.25, 0.3) is 0 Å². The number of rotatable bonds is 0. The van der Waals surface area contributed by atoms with Crippen LogP contribution in [0.15, 0.2) is 12.2 Å². The molecule has 2 atom stereocenters. The van der Waals surface area contributed by atoms with Crippen molar-refractivity contribution in [2.24, 2.45) is 11.8 Å². The van der Waals surface area contributed by atoms with Gasteiger partial charge in [-0.25, -0.2) is 0 Å². The molecule has 2 aliphatic carbocycles. The molecule has 0 bridgehead atoms. The Morgan fingerprint density at radius 2 is 2.08 bits per heavy atom. The number of hydrogen-bond acceptors (Lipinski definition) is 0. The lowest BCUT2D eigenvalue weighted by molar-refractivity contribution is 0.259. The average Bonchev–Trinajstić information content (AvgIpc) is 2.04. The van der Waals surface area contributed by atoms with Crippen molar-refractivity contribution in [3.05, 3.63) is 12.2 Å². The fourth-order valence-electron chi connectivity index (χ4n) is 2.47. The number of fused-ring (bicyclic) bond motifs is 1. The van der Waals surface area contributed by atoms with E-state index in [-0.39, 0.29) is 3.23 Å². The van der Waals surface area contributed by atoms with E-state index in [0.717, 1.165) is 11.8 Å². The van der Waals surface area contributed by atoms with Gasteiger partial charge in [-0.1, -0.05) is 50.4 Å². The highest BCUT2D eigenvalue weighted by molar-refractivity contribution is 9.25. The first-order valence-electron chi connectivity index (χ1n) is 4.74. The van der Waals surface area contributed by atoms with Crippen LogP contribution in [0.2, 0.25) is 0 Å². The van der Waals surface area contributed by atoms with Crippen molar-refractivity contribution in [3.8, 4) is 0 Å². The summed E-state index contributed by atoms with van der Waals surface area (Å²) in [5.74, 6) is 1.64. The van der Waals surface area contributed by atoms with Crippen molar-refractivity contribution < 1.29 is 0 Å². The number of hydrogen-bond donors (Lipinski definition) is 0. The minimum Gasteiger partial charge on any atom is -0.0882 e. The molecular weight excluding hydrogens is 280 g/mol. The maximum Gasteiger partial charge on any atom is 0.0870 e. The Hall–Kier alpha value is 0.700. The second-order valence-corrected chi connectivity index (χ2v) is 7.84. The Labute approximate surface area is 91.1 Å². The van der Waals surface area contributed by atoms with Crippen LogP contribution in [-0.4, -0.2) is 3.23 Å². The summed E-state index contributed by atoms with van der Waals surface area (Å²) in [6.45, 7) is 0. The third-order valence-corrected chi connectivity index (χ3v) is 4.98. The quantitative estimate of drug-likeness (QED) is 0.463. The molecule has 0 heterocycles. The van der Waals surface area contributed by atoms with Crippen molar-refractivity contribution in [2.75, 3.05) is 0 Å². The van der Waals surface area contributed by atoms with Gasteiger partial charge in [-0.3, -0.25) is 0 Å². The maximum absolute atomic E-state index is 3.80. The second kappa shape index (κ2) is 3.45. The van der Waals surface area contributed by atoms with E-state index in [1.165, 1.54) is 32.1 Å². The molecule has 0 nitrogen and oxygen atoms in total. The van der Waals surface area contributed by atoms with Gasteiger partial charge in [0.05, 0.1) is 3.23 Å². The molecule has 2 aliphatic rings. The second-order valence-electron chi connectivity index (χ2n) is 3.94. The predicted octanol–water partition coefficient (Wildman–Crippen LogP) is 4.24. The fourth-order valence-corrected chi connectivity index (χ4v) is 4.08. The SMILES string of the molecule is BrC1(Br)CCCC2CCC=CC21. The summed E-state index contributed by atoms with van der Waals surface area (Å²) in [6.07, 6.45) is 11.5. The molecular formula is C10H14Br2. The van der Waals surface area contributed by atoms with Crippen molar-refractivity contribution in [1.29, 1.82) is 0 Å². The van der Waals surface area contributed by atoms with E-state index in [2.05, 4.69) is 44.0 Å². The van der Waals surface area contributed by atoms with Crippen LogP contribution in [0.4, 0.5) is 0 Å². The minimum atomic E-state index is 0.208. The van der Waals surface area contributed by atoms with E-state index in [1.807, 2.05) is 0 Å². The molecule has 2 unspecified atom stereocenters. The Morgan fingerprint density at radius 1 is 1.25 bits per heavy atom. The van der Waals surface area contributed by atoms with E-state index in [1.54, 1.807) is 0 Å². The molecule has 1 saturated carbocycles. The highest BCUT2D eigenvalue weighted by Gasteiger charge is 2.40. The molecule has 12 heavy (non-hydrogen) atoms. The van der Waals surface area contributed by atoms with Crippen LogP contribution in [0.5, 0.6) is 0 Å². The third-order valence-electron chi connectivity index (χ3n) is 3.13. The van der Waals surface area contributed by atoms with E-state index in [0.29, 0.717) is 0 Å². The predicted molar refractivity (Wildman–Crippen MR) is 59.8 cm³/mol. The van der Waals surface area contributed by atoms with Gasteiger partial charge in [0.1, 0.15) is 0 Å². The van der Waals surface area contributed by atoms with Crippen molar-refractivity contribution in [2.45, 2.75) is 35.3 Å². The number of alkyl halides is 2. The molecule has 0 aromatic carbocycles. The average molecular weight is 294 g/mol. The zero-order valence-electron chi connectivity index (χ0n) is 7.10. The zero-order valence-corrected chi connectivity index (χ0v) is 10.3. The normalized spacial score (nSPS) is 39.2. The molecule has 0 spiro atoms. The lowest BCUT2D eigenvalue weighted by Gasteiger charge is -2.41. The van der Waals surface area contributed by atoms with Crippen LogP contribution in [0.3, 0.4) is 0 Å². The largest absolute Gasteiger partial charge is 0.0882 e. The molecule has 68 valence electrons. The molecule has 1 fully saturated rings. The molecule has 0 amide bonds. The Morgan fingerprint density at radius 3 is 2.83 bits per heavy atom. The summed E-state index contributed by atoms with van der Waals surface area (Å²) in [5, 5.41) is 0. The first-order chi connectivity index (χ1) is 5.70. The first-order valence-corrected chi connectivity index (χ1v) is 6.33. The highest BCUT2D eigenvalue weighted by Crippen LogP contribution is 2.51. The van der Waals surface area contributed by atoms with Gasteiger partial charge in [-0.05, 0) is 31.6 Å². The molecule has 0 radical (unpaired) electrons. The van der Waals surface area contributed by atoms with Crippen molar-refractivity contribution in [1.82, 2.24) is 0 Å². The number of halogens is 2. The standard InChI is InChI=1S/C10H14Br2/c11-10(12)7-3-5-8-4-1-2-6-9(8)10/h2,6,8-9H,1,3-5,7H2. The summed E-state index contributed by atoms with van der Waals surface area (Å²) in [5.41, 5.74) is 0. The van der Waals surface area contributed by atoms with Gasteiger partial charge in [0, 0.05) is 5.92 Å². The molecule has 0 aromatic heterocycles. The number of allylic oxidation sites excluding steroid dienone is 2. The molecule has 0 aromatic rings. The van der Waals surface area contributed by atoms with Crippen LogP contribution >= 0.6 is 31.9 Å². The summed E-state index contributed by atoms with van der Waals surface area (Å²) in [4.78, 5) is 0. The summed E-state index contributed by atoms with van der Waals surface area (Å²) in [7, 11) is 0. The monoisotopic (exact) mass is 292 g/mol. The van der Waals surface area contributed by atoms with Gasteiger partial charge in [0.15, 0.2) is 0 Å². The molecule has 2 rings (SSSR count). The van der Waals surface area contributed by atoms with Crippen molar-refractivity contribution >= 4 is 31.9 Å². The van der Waals surface area contributed by atoms with E-state index < -0.39 is 0 Å². The van der Waals surface area contributed by atoms with E-state index >= 15 is 0 Å². The zero-order chi connectivity index (χ0) is 8.60. The van der Waals surface area contributed by atoms with Gasteiger partial charge in [-0.2, -0.15) is 0 Å². The smallest absolute Gasteiger partial charge is 0.0870 e. The molecule has 0 aliphatic heterocycles. The summed E-state index contributed by atoms with van der Waals surface area (Å²) in [6, 6.07) is 0. The summed E-state index contributed by atoms with van der Waals surface area (Å²) >= 11 is 7.60. The maximum atomic E-state index is 3.80. The molecule has 2 heteroatoms. The lowest BCUT2D eigenvalue weighted by atomic mass is 9.74. The van der Waals surface area contributed by atoms with Gasteiger partial charge in [-0.15, -0.1) is 0 Å². The van der Waals surface area contributed by atoms with Crippen LogP contribution in [-0.2, 0) is 0 Å².